The summed E-state index contributed by atoms with van der Waals surface area (Å²) in [5, 5.41) is 39.0. The maximum atomic E-state index is 11.8. The minimum atomic E-state index is -1.22. The second kappa shape index (κ2) is 7.30. The summed E-state index contributed by atoms with van der Waals surface area (Å²) >= 11 is 0. The Morgan fingerprint density at radius 2 is 1.11 bits per heavy atom. The molecule has 0 radical (unpaired) electrons. The molecule has 4 N–H and O–H groups in total. The van der Waals surface area contributed by atoms with Crippen LogP contribution in [0.15, 0.2) is 36.4 Å². The zero-order valence-corrected chi connectivity index (χ0v) is 15.2. The normalized spacial score (nSPS) is 23.5. The van der Waals surface area contributed by atoms with Crippen molar-refractivity contribution in [1.82, 2.24) is 0 Å². The first-order chi connectivity index (χ1) is 13.3. The second-order valence-electron chi connectivity index (χ2n) is 6.64. The van der Waals surface area contributed by atoms with Crippen LogP contribution in [0, 0.1) is 11.8 Å². The Hall–Kier alpha value is -3.42. The fraction of sp³-hybridized carbons (Fsp3) is 0.300. The number of ether oxygens (including phenoxy) is 2. The van der Waals surface area contributed by atoms with Gasteiger partial charge in [0.1, 0.15) is 0 Å². The second-order valence-corrected chi connectivity index (χ2v) is 6.64. The number of phenolic OH excluding ortho intramolecular Hbond substituents is 2. The van der Waals surface area contributed by atoms with Crippen LogP contribution in [-0.4, -0.2) is 46.6 Å². The number of carboxylic acids is 2. The molecular formula is C20H20O8. The molecule has 0 spiro atoms. The van der Waals surface area contributed by atoms with E-state index in [1.54, 1.807) is 12.1 Å². The molecule has 2 aromatic carbocycles. The lowest BCUT2D eigenvalue weighted by molar-refractivity contribution is -0.164. The third-order valence-electron chi connectivity index (χ3n) is 5.30. The van der Waals surface area contributed by atoms with E-state index in [1.165, 1.54) is 38.5 Å². The van der Waals surface area contributed by atoms with E-state index < -0.39 is 35.6 Å². The van der Waals surface area contributed by atoms with Gasteiger partial charge in [-0.15, -0.1) is 0 Å². The highest BCUT2D eigenvalue weighted by molar-refractivity contribution is 5.85. The van der Waals surface area contributed by atoms with E-state index >= 15 is 0 Å². The molecule has 4 atom stereocenters. The lowest BCUT2D eigenvalue weighted by Gasteiger charge is -2.48. The summed E-state index contributed by atoms with van der Waals surface area (Å²) < 4.78 is 10.2. The van der Waals surface area contributed by atoms with Crippen LogP contribution in [0.5, 0.6) is 23.0 Å². The van der Waals surface area contributed by atoms with Crippen molar-refractivity contribution >= 4 is 11.9 Å². The molecule has 0 saturated heterocycles. The number of aliphatic carboxylic acids is 2. The van der Waals surface area contributed by atoms with Crippen LogP contribution in [0.3, 0.4) is 0 Å². The van der Waals surface area contributed by atoms with Gasteiger partial charge in [-0.05, 0) is 35.4 Å². The van der Waals surface area contributed by atoms with Crippen molar-refractivity contribution in [2.45, 2.75) is 11.8 Å². The van der Waals surface area contributed by atoms with Gasteiger partial charge in [0.05, 0.1) is 26.1 Å². The van der Waals surface area contributed by atoms with Crippen LogP contribution >= 0.6 is 0 Å². The molecule has 1 aliphatic rings. The number of rotatable bonds is 6. The summed E-state index contributed by atoms with van der Waals surface area (Å²) in [7, 11) is 2.74. The first kappa shape index (κ1) is 19.3. The van der Waals surface area contributed by atoms with E-state index in [2.05, 4.69) is 0 Å². The number of hydrogen-bond acceptors (Lipinski definition) is 6. The summed E-state index contributed by atoms with van der Waals surface area (Å²) in [4.78, 5) is 23.7. The molecule has 148 valence electrons. The van der Waals surface area contributed by atoms with E-state index in [0.717, 1.165) is 0 Å². The molecule has 3 rings (SSSR count). The maximum absolute atomic E-state index is 11.8. The lowest BCUT2D eigenvalue weighted by Crippen LogP contribution is -2.51. The van der Waals surface area contributed by atoms with E-state index in [4.69, 9.17) is 9.47 Å². The van der Waals surface area contributed by atoms with Gasteiger partial charge in [0.2, 0.25) is 0 Å². The summed E-state index contributed by atoms with van der Waals surface area (Å²) in [5.41, 5.74) is 1.08. The molecular weight excluding hydrogens is 368 g/mol. The van der Waals surface area contributed by atoms with Crippen LogP contribution in [0.25, 0.3) is 0 Å². The van der Waals surface area contributed by atoms with Gasteiger partial charge in [0.25, 0.3) is 0 Å². The molecule has 1 aliphatic carbocycles. The van der Waals surface area contributed by atoms with Gasteiger partial charge in [-0.1, -0.05) is 12.1 Å². The highest BCUT2D eigenvalue weighted by Crippen LogP contribution is 2.59. The number of benzene rings is 2. The van der Waals surface area contributed by atoms with Crippen molar-refractivity contribution in [1.29, 1.82) is 0 Å². The van der Waals surface area contributed by atoms with E-state index in [9.17, 15) is 30.0 Å². The van der Waals surface area contributed by atoms with Crippen molar-refractivity contribution in [2.24, 2.45) is 11.8 Å². The number of carboxylic acid groups (broad SMARTS) is 2. The predicted molar refractivity (Wildman–Crippen MR) is 97.1 cm³/mol. The van der Waals surface area contributed by atoms with Crippen LogP contribution in [-0.2, 0) is 9.59 Å². The number of hydrogen-bond donors (Lipinski definition) is 4. The van der Waals surface area contributed by atoms with E-state index in [1.807, 2.05) is 0 Å². The molecule has 0 heterocycles. The number of aromatic hydroxyl groups is 2. The van der Waals surface area contributed by atoms with Crippen molar-refractivity contribution in [2.75, 3.05) is 14.2 Å². The molecule has 0 unspecified atom stereocenters. The van der Waals surface area contributed by atoms with Crippen molar-refractivity contribution < 1.29 is 39.5 Å². The van der Waals surface area contributed by atoms with Crippen LogP contribution in [0.1, 0.15) is 23.0 Å². The first-order valence-corrected chi connectivity index (χ1v) is 8.49. The summed E-state index contributed by atoms with van der Waals surface area (Å²) in [6, 6.07) is 8.91. The SMILES string of the molecule is COc1cc([C@@H]2[C@H](C(=O)O)[C@H](C(=O)O)[C@H]2c2ccc(O)c(OC)c2)ccc1O. The molecule has 8 heteroatoms. The highest BCUT2D eigenvalue weighted by Gasteiger charge is 2.59. The van der Waals surface area contributed by atoms with Gasteiger partial charge >= 0.3 is 11.9 Å². The molecule has 1 saturated carbocycles. The number of carbonyl (C=O) groups is 2. The monoisotopic (exact) mass is 388 g/mol. The van der Waals surface area contributed by atoms with Crippen molar-refractivity contribution in [3.63, 3.8) is 0 Å². The molecule has 0 aromatic heterocycles. The van der Waals surface area contributed by atoms with Gasteiger partial charge < -0.3 is 29.9 Å². The average Bonchev–Trinajstić information content (AvgIpc) is 2.63. The van der Waals surface area contributed by atoms with Gasteiger partial charge in [0, 0.05) is 11.8 Å². The standard InChI is InChI=1S/C20H20O8/c1-27-13-7-9(3-5-11(13)21)15-16(18(20(25)26)17(15)19(23)24)10-4-6-12(22)14(8-10)28-2/h3-8,15-18,21-22H,1-2H3,(H,23,24)(H,25,26)/t15-,16-,17-,18+/m0/s1. The van der Waals surface area contributed by atoms with Crippen LogP contribution < -0.4 is 9.47 Å². The minimum Gasteiger partial charge on any atom is -0.504 e. The summed E-state index contributed by atoms with van der Waals surface area (Å²) in [5.74, 6) is -5.94. The van der Waals surface area contributed by atoms with Crippen molar-refractivity contribution in [3.05, 3.63) is 47.5 Å². The Morgan fingerprint density at radius 1 is 0.750 bits per heavy atom. The Labute approximate surface area is 160 Å². The molecule has 0 bridgehead atoms. The molecule has 28 heavy (non-hydrogen) atoms. The average molecular weight is 388 g/mol. The minimum absolute atomic E-state index is 0.102. The Kier molecular flexibility index (Phi) is 5.04. The molecule has 0 aliphatic heterocycles. The summed E-state index contributed by atoms with van der Waals surface area (Å²) in [6.45, 7) is 0. The largest absolute Gasteiger partial charge is 0.504 e. The topological polar surface area (TPSA) is 134 Å². The van der Waals surface area contributed by atoms with Gasteiger partial charge in [-0.3, -0.25) is 9.59 Å². The van der Waals surface area contributed by atoms with Gasteiger partial charge in [0.15, 0.2) is 23.0 Å². The fourth-order valence-electron chi connectivity index (χ4n) is 3.99. The quantitative estimate of drug-likeness (QED) is 0.593. The third kappa shape index (κ3) is 3.06. The number of methoxy groups -OCH3 is 2. The Balaban J connectivity index is 2.13. The van der Waals surface area contributed by atoms with Crippen LogP contribution in [0.2, 0.25) is 0 Å². The highest BCUT2D eigenvalue weighted by atomic mass is 16.5. The first-order valence-electron chi connectivity index (χ1n) is 8.49. The van der Waals surface area contributed by atoms with Crippen molar-refractivity contribution in [3.8, 4) is 23.0 Å². The van der Waals surface area contributed by atoms with E-state index in [-0.39, 0.29) is 23.0 Å². The molecule has 1 fully saturated rings. The maximum Gasteiger partial charge on any atom is 0.308 e. The molecule has 8 nitrogen and oxygen atoms in total. The molecule has 0 amide bonds. The Bertz CT molecular complexity index is 847. The van der Waals surface area contributed by atoms with Gasteiger partial charge in [-0.25, -0.2) is 0 Å². The van der Waals surface area contributed by atoms with E-state index in [0.29, 0.717) is 11.1 Å². The van der Waals surface area contributed by atoms with Crippen LogP contribution in [0.4, 0.5) is 0 Å². The fourth-order valence-corrected chi connectivity index (χ4v) is 3.99. The summed E-state index contributed by atoms with van der Waals surface area (Å²) in [6.07, 6.45) is 0. The Morgan fingerprint density at radius 3 is 1.39 bits per heavy atom. The number of phenols is 2. The predicted octanol–water partition coefficient (Wildman–Crippen LogP) is 2.40. The lowest BCUT2D eigenvalue weighted by atomic mass is 9.52. The smallest absolute Gasteiger partial charge is 0.308 e. The van der Waals surface area contributed by atoms with Gasteiger partial charge in [-0.2, -0.15) is 0 Å². The zero-order valence-electron chi connectivity index (χ0n) is 15.2. The third-order valence-corrected chi connectivity index (χ3v) is 5.30. The molecule has 2 aromatic rings. The zero-order chi connectivity index (χ0) is 20.6.